The van der Waals surface area contributed by atoms with E-state index < -0.39 is 17.8 Å². The topological polar surface area (TPSA) is 35.2 Å². The minimum Gasteiger partial charge on any atom is -0.492 e. The van der Waals surface area contributed by atoms with Crippen LogP contribution >= 0.6 is 0 Å². The van der Waals surface area contributed by atoms with Gasteiger partial charge in [0.25, 0.3) is 0 Å². The fourth-order valence-electron chi connectivity index (χ4n) is 1.75. The molecule has 21 heavy (non-hydrogen) atoms. The molecule has 1 atom stereocenters. The van der Waals surface area contributed by atoms with Gasteiger partial charge in [0.2, 0.25) is 0 Å². The van der Waals surface area contributed by atoms with Gasteiger partial charge in [-0.1, -0.05) is 18.2 Å². The molecule has 0 radical (unpaired) electrons. The lowest BCUT2D eigenvalue weighted by Crippen LogP contribution is -2.19. The van der Waals surface area contributed by atoms with Crippen molar-refractivity contribution < 1.29 is 22.3 Å². The number of alkyl halides is 3. The Morgan fingerprint density at radius 3 is 2.33 bits per heavy atom. The summed E-state index contributed by atoms with van der Waals surface area (Å²) >= 11 is 0. The molecule has 0 aliphatic heterocycles. The lowest BCUT2D eigenvalue weighted by molar-refractivity contribution is -0.137. The van der Waals surface area contributed by atoms with Gasteiger partial charge in [-0.2, -0.15) is 13.2 Å². The molecule has 112 valence electrons. The Hall–Kier alpha value is -2.08. The van der Waals surface area contributed by atoms with Crippen LogP contribution in [0.4, 0.5) is 17.6 Å². The zero-order valence-corrected chi connectivity index (χ0v) is 10.9. The van der Waals surface area contributed by atoms with E-state index in [0.29, 0.717) is 5.56 Å². The van der Waals surface area contributed by atoms with E-state index in [1.165, 1.54) is 36.4 Å². The van der Waals surface area contributed by atoms with Gasteiger partial charge in [-0.3, -0.25) is 0 Å². The monoisotopic (exact) mass is 299 g/mol. The maximum Gasteiger partial charge on any atom is 0.416 e. The highest BCUT2D eigenvalue weighted by molar-refractivity contribution is 5.30. The molecule has 6 heteroatoms. The van der Waals surface area contributed by atoms with Gasteiger partial charge in [-0.05, 0) is 35.9 Å². The first kappa shape index (κ1) is 15.3. The quantitative estimate of drug-likeness (QED) is 0.868. The number of hydrogen-bond donors (Lipinski definition) is 1. The van der Waals surface area contributed by atoms with Crippen LogP contribution in [0.2, 0.25) is 0 Å². The van der Waals surface area contributed by atoms with Crippen molar-refractivity contribution in [2.45, 2.75) is 12.2 Å². The maximum atomic E-state index is 12.8. The van der Waals surface area contributed by atoms with E-state index in [4.69, 9.17) is 10.5 Å². The van der Waals surface area contributed by atoms with Crippen molar-refractivity contribution in [2.24, 2.45) is 5.73 Å². The minimum atomic E-state index is -4.42. The molecular formula is C15H13F4NO. The van der Waals surface area contributed by atoms with Crippen LogP contribution in [0.5, 0.6) is 5.75 Å². The second-order valence-corrected chi connectivity index (χ2v) is 4.49. The Morgan fingerprint density at radius 1 is 1.05 bits per heavy atom. The highest BCUT2D eigenvalue weighted by Crippen LogP contribution is 2.31. The Kier molecular flexibility index (Phi) is 4.47. The first-order valence-electron chi connectivity index (χ1n) is 6.17. The Bertz CT molecular complexity index is 595. The van der Waals surface area contributed by atoms with Crippen molar-refractivity contribution in [3.8, 4) is 5.75 Å². The Labute approximate surface area is 119 Å². The molecular weight excluding hydrogens is 286 g/mol. The summed E-state index contributed by atoms with van der Waals surface area (Å²) in [4.78, 5) is 0. The number of hydrogen-bond acceptors (Lipinski definition) is 2. The second-order valence-electron chi connectivity index (χ2n) is 4.49. The summed E-state index contributed by atoms with van der Waals surface area (Å²) in [5.74, 6) is -0.299. The summed E-state index contributed by atoms with van der Waals surface area (Å²) in [6.45, 7) is -0.00700. The summed E-state index contributed by atoms with van der Waals surface area (Å²) in [7, 11) is 0. The van der Waals surface area contributed by atoms with Crippen LogP contribution in [-0.2, 0) is 6.18 Å². The molecule has 2 rings (SSSR count). The van der Waals surface area contributed by atoms with E-state index in [0.717, 1.165) is 12.1 Å². The van der Waals surface area contributed by atoms with Crippen LogP contribution < -0.4 is 10.5 Å². The van der Waals surface area contributed by atoms with Crippen LogP contribution in [0.15, 0.2) is 48.5 Å². The van der Waals surface area contributed by atoms with Crippen LogP contribution in [-0.4, -0.2) is 6.61 Å². The first-order valence-corrected chi connectivity index (χ1v) is 6.17. The van der Waals surface area contributed by atoms with Crippen molar-refractivity contribution >= 4 is 0 Å². The van der Waals surface area contributed by atoms with Crippen molar-refractivity contribution in [2.75, 3.05) is 6.61 Å². The summed E-state index contributed by atoms with van der Waals surface area (Å²) < 4.78 is 55.7. The van der Waals surface area contributed by atoms with Crippen LogP contribution in [0.1, 0.15) is 17.2 Å². The molecule has 0 spiro atoms. The van der Waals surface area contributed by atoms with Crippen molar-refractivity contribution in [1.29, 1.82) is 0 Å². The Balaban J connectivity index is 2.01. The molecule has 0 aliphatic rings. The minimum absolute atomic E-state index is 0.00700. The van der Waals surface area contributed by atoms with Gasteiger partial charge in [0, 0.05) is 0 Å². The molecule has 2 nitrogen and oxygen atoms in total. The number of rotatable bonds is 4. The molecule has 2 aromatic carbocycles. The highest BCUT2D eigenvalue weighted by Gasteiger charge is 2.30. The number of halogens is 4. The lowest BCUT2D eigenvalue weighted by Gasteiger charge is -2.14. The van der Waals surface area contributed by atoms with E-state index >= 15 is 0 Å². The van der Waals surface area contributed by atoms with E-state index in [1.807, 2.05) is 0 Å². The standard InChI is InChI=1S/C15H13F4NO/c16-12-6-4-10(5-7-12)14(20)9-21-13-3-1-2-11(8-13)15(17,18)19/h1-8,14H,9,20H2. The summed E-state index contributed by atoms with van der Waals surface area (Å²) in [5.41, 5.74) is 5.71. The van der Waals surface area contributed by atoms with Gasteiger partial charge in [0.15, 0.2) is 0 Å². The van der Waals surface area contributed by atoms with Gasteiger partial charge in [0.1, 0.15) is 18.2 Å². The summed E-state index contributed by atoms with van der Waals surface area (Å²) in [6, 6.07) is 9.56. The summed E-state index contributed by atoms with van der Waals surface area (Å²) in [6.07, 6.45) is -4.42. The molecule has 0 aliphatic carbocycles. The smallest absolute Gasteiger partial charge is 0.416 e. The average Bonchev–Trinajstić information content (AvgIpc) is 2.45. The van der Waals surface area contributed by atoms with E-state index in [1.54, 1.807) is 0 Å². The molecule has 0 amide bonds. The first-order chi connectivity index (χ1) is 9.86. The molecule has 2 N–H and O–H groups in total. The summed E-state index contributed by atoms with van der Waals surface area (Å²) in [5, 5.41) is 0. The molecule has 0 saturated carbocycles. The highest BCUT2D eigenvalue weighted by atomic mass is 19.4. The van der Waals surface area contributed by atoms with Gasteiger partial charge < -0.3 is 10.5 Å². The molecule has 0 bridgehead atoms. The zero-order valence-electron chi connectivity index (χ0n) is 10.9. The van der Waals surface area contributed by atoms with Crippen molar-refractivity contribution in [1.82, 2.24) is 0 Å². The maximum absolute atomic E-state index is 12.8. The third-order valence-electron chi connectivity index (χ3n) is 2.89. The molecule has 0 saturated heterocycles. The van der Waals surface area contributed by atoms with E-state index in [9.17, 15) is 17.6 Å². The van der Waals surface area contributed by atoms with E-state index in [-0.39, 0.29) is 18.2 Å². The van der Waals surface area contributed by atoms with Crippen LogP contribution in [0.25, 0.3) is 0 Å². The predicted octanol–water partition coefficient (Wildman–Crippen LogP) is 3.92. The number of ether oxygens (including phenoxy) is 1. The third-order valence-corrected chi connectivity index (χ3v) is 2.89. The number of nitrogens with two attached hydrogens (primary N) is 1. The largest absolute Gasteiger partial charge is 0.492 e. The Morgan fingerprint density at radius 2 is 1.71 bits per heavy atom. The zero-order chi connectivity index (χ0) is 15.5. The van der Waals surface area contributed by atoms with Crippen molar-refractivity contribution in [3.05, 3.63) is 65.5 Å². The predicted molar refractivity (Wildman–Crippen MR) is 70.3 cm³/mol. The normalized spacial score (nSPS) is 13.0. The molecule has 0 heterocycles. The van der Waals surface area contributed by atoms with Gasteiger partial charge >= 0.3 is 6.18 Å². The lowest BCUT2D eigenvalue weighted by atomic mass is 10.1. The van der Waals surface area contributed by atoms with Crippen LogP contribution in [0, 0.1) is 5.82 Å². The van der Waals surface area contributed by atoms with E-state index in [2.05, 4.69) is 0 Å². The fourth-order valence-corrected chi connectivity index (χ4v) is 1.75. The third kappa shape index (κ3) is 4.19. The average molecular weight is 299 g/mol. The number of benzene rings is 2. The molecule has 0 fully saturated rings. The SMILES string of the molecule is NC(COc1cccc(C(F)(F)F)c1)c1ccc(F)cc1. The van der Waals surface area contributed by atoms with Crippen molar-refractivity contribution in [3.63, 3.8) is 0 Å². The fraction of sp³-hybridized carbons (Fsp3) is 0.200. The molecule has 1 unspecified atom stereocenters. The van der Waals surface area contributed by atoms with Gasteiger partial charge in [-0.15, -0.1) is 0 Å². The second kappa shape index (κ2) is 6.13. The van der Waals surface area contributed by atoms with Gasteiger partial charge in [0.05, 0.1) is 11.6 Å². The molecule has 2 aromatic rings. The van der Waals surface area contributed by atoms with Crippen LogP contribution in [0.3, 0.4) is 0 Å². The molecule has 0 aromatic heterocycles. The van der Waals surface area contributed by atoms with Gasteiger partial charge in [-0.25, -0.2) is 4.39 Å².